The van der Waals surface area contributed by atoms with E-state index in [9.17, 15) is 9.36 Å². The van der Waals surface area contributed by atoms with Gasteiger partial charge in [-0.2, -0.15) is 4.89 Å². The van der Waals surface area contributed by atoms with Crippen molar-refractivity contribution in [2.45, 2.75) is 20.3 Å². The maximum Gasteiger partial charge on any atom is 0.506 e. The molecule has 12 heavy (non-hydrogen) atoms. The Labute approximate surface area is 72.5 Å². The fourth-order valence-corrected chi connectivity index (χ4v) is 1.69. The smallest absolute Gasteiger partial charge is 0.481 e. The Balaban J connectivity index is 4.04. The zero-order chi connectivity index (χ0) is 9.72. The maximum absolute atomic E-state index is 10.5. The number of rotatable bonds is 5. The van der Waals surface area contributed by atoms with Crippen LogP contribution >= 0.6 is 8.03 Å². The second-order valence-corrected chi connectivity index (χ2v) is 4.27. The van der Waals surface area contributed by atoms with Crippen LogP contribution in [0.2, 0.25) is 0 Å². The van der Waals surface area contributed by atoms with Gasteiger partial charge in [-0.3, -0.25) is 4.79 Å². The zero-order valence-electron chi connectivity index (χ0n) is 7.23. The van der Waals surface area contributed by atoms with Gasteiger partial charge >= 0.3 is 14.0 Å². The Kier molecular flexibility index (Phi) is 5.02. The summed E-state index contributed by atoms with van der Waals surface area (Å²) in [6.07, 6.45) is 0.319. The van der Waals surface area contributed by atoms with E-state index in [0.717, 1.165) is 0 Å². The number of carbonyl (C=O) groups is 1. The topological polar surface area (TPSA) is 74.6 Å². The Bertz CT molecular complexity index is 178. The molecule has 4 nitrogen and oxygen atoms in total. The molecule has 0 radical (unpaired) electrons. The molecule has 0 aliphatic rings. The summed E-state index contributed by atoms with van der Waals surface area (Å²) in [5, 5.41) is 8.63. The largest absolute Gasteiger partial charge is 0.506 e. The number of hydrogen-bond donors (Lipinski definition) is 2. The van der Waals surface area contributed by atoms with Crippen LogP contribution < -0.4 is 0 Å². The molecule has 0 bridgehead atoms. The first-order valence-corrected chi connectivity index (χ1v) is 5.19. The Morgan fingerprint density at radius 2 is 2.00 bits per heavy atom. The summed E-state index contributed by atoms with van der Waals surface area (Å²) in [7, 11) is -2.33. The summed E-state index contributed by atoms with van der Waals surface area (Å²) in [4.78, 5) is 19.1. The summed E-state index contributed by atoms with van der Waals surface area (Å²) in [5.74, 6) is -1.43. The molecule has 0 aliphatic heterocycles. The van der Waals surface area contributed by atoms with Gasteiger partial charge in [0.1, 0.15) is 5.92 Å². The Hall–Kier alpha value is -0.470. The standard InChI is InChI=1S/C7H13O4P/c1-5(2)3-6(7(8)9)4-12(10)11/h5-6H,3-4H2,1-2H3,(H-,8,9,10,11)/p+1. The van der Waals surface area contributed by atoms with Crippen LogP contribution in [0.15, 0.2) is 0 Å². The molecular formula is C7H14O4P+. The van der Waals surface area contributed by atoms with Crippen molar-refractivity contribution in [1.82, 2.24) is 0 Å². The van der Waals surface area contributed by atoms with E-state index in [-0.39, 0.29) is 12.1 Å². The normalized spacial score (nSPS) is 14.5. The van der Waals surface area contributed by atoms with Gasteiger partial charge in [0.15, 0.2) is 6.16 Å². The van der Waals surface area contributed by atoms with E-state index >= 15 is 0 Å². The molecule has 0 aromatic rings. The third kappa shape index (κ3) is 5.22. The van der Waals surface area contributed by atoms with Crippen molar-refractivity contribution < 1.29 is 19.4 Å². The SMILES string of the molecule is CC(C)CC(C[P+](=O)O)C(=O)O. The fraction of sp³-hybridized carbons (Fsp3) is 0.857. The second kappa shape index (κ2) is 5.22. The van der Waals surface area contributed by atoms with Gasteiger partial charge in [-0.05, 0) is 16.9 Å². The second-order valence-electron chi connectivity index (χ2n) is 3.20. The summed E-state index contributed by atoms with van der Waals surface area (Å²) in [6, 6.07) is 0. The highest BCUT2D eigenvalue weighted by Gasteiger charge is 2.28. The summed E-state index contributed by atoms with van der Waals surface area (Å²) in [6.45, 7) is 3.78. The lowest BCUT2D eigenvalue weighted by atomic mass is 9.99. The number of carboxylic acids is 1. The van der Waals surface area contributed by atoms with E-state index in [1.165, 1.54) is 0 Å². The van der Waals surface area contributed by atoms with Gasteiger partial charge in [0.2, 0.25) is 0 Å². The van der Waals surface area contributed by atoms with E-state index in [0.29, 0.717) is 6.42 Å². The molecule has 2 unspecified atom stereocenters. The van der Waals surface area contributed by atoms with Crippen molar-refractivity contribution in [1.29, 1.82) is 0 Å². The van der Waals surface area contributed by atoms with Gasteiger partial charge < -0.3 is 5.11 Å². The minimum absolute atomic E-state index is 0.136. The molecule has 0 fully saturated rings. The summed E-state index contributed by atoms with van der Waals surface area (Å²) in [5.41, 5.74) is 0. The number of hydrogen-bond acceptors (Lipinski definition) is 2. The predicted molar refractivity (Wildman–Crippen MR) is 45.3 cm³/mol. The van der Waals surface area contributed by atoms with Crippen LogP contribution in [0.25, 0.3) is 0 Å². The van der Waals surface area contributed by atoms with E-state index in [2.05, 4.69) is 0 Å². The molecule has 70 valence electrons. The molecule has 5 heteroatoms. The lowest BCUT2D eigenvalue weighted by Gasteiger charge is -2.08. The third-order valence-electron chi connectivity index (χ3n) is 1.48. The highest BCUT2D eigenvalue weighted by Crippen LogP contribution is 2.23. The van der Waals surface area contributed by atoms with Crippen molar-refractivity contribution in [3.8, 4) is 0 Å². The Morgan fingerprint density at radius 1 is 1.50 bits per heavy atom. The van der Waals surface area contributed by atoms with Crippen molar-refractivity contribution in [2.75, 3.05) is 6.16 Å². The quantitative estimate of drug-likeness (QED) is 0.648. The van der Waals surface area contributed by atoms with Crippen molar-refractivity contribution in [3.63, 3.8) is 0 Å². The molecule has 2 atom stereocenters. The average Bonchev–Trinajstić information content (AvgIpc) is 1.83. The lowest BCUT2D eigenvalue weighted by molar-refractivity contribution is -0.141. The molecule has 0 spiro atoms. The molecule has 0 saturated heterocycles. The molecule has 2 N–H and O–H groups in total. The van der Waals surface area contributed by atoms with Gasteiger partial charge in [0.25, 0.3) is 0 Å². The van der Waals surface area contributed by atoms with Gasteiger partial charge in [-0.25, -0.2) is 0 Å². The van der Waals surface area contributed by atoms with Crippen LogP contribution in [-0.2, 0) is 9.36 Å². The zero-order valence-corrected chi connectivity index (χ0v) is 8.12. The predicted octanol–water partition coefficient (Wildman–Crippen LogP) is 1.47. The van der Waals surface area contributed by atoms with Gasteiger partial charge in [0.05, 0.1) is 0 Å². The maximum atomic E-state index is 10.5. The molecule has 0 amide bonds. The van der Waals surface area contributed by atoms with Crippen LogP contribution in [-0.4, -0.2) is 22.1 Å². The van der Waals surface area contributed by atoms with E-state index in [1.807, 2.05) is 13.8 Å². The first-order valence-electron chi connectivity index (χ1n) is 3.79. The van der Waals surface area contributed by atoms with Crippen molar-refractivity contribution in [3.05, 3.63) is 0 Å². The van der Waals surface area contributed by atoms with Crippen LogP contribution in [0.5, 0.6) is 0 Å². The molecular weight excluding hydrogens is 179 g/mol. The molecule has 0 aromatic heterocycles. The van der Waals surface area contributed by atoms with Crippen LogP contribution in [0.1, 0.15) is 20.3 Å². The molecule has 0 saturated carbocycles. The molecule has 0 rings (SSSR count). The molecule has 0 aromatic carbocycles. The number of aliphatic carboxylic acids is 1. The monoisotopic (exact) mass is 193 g/mol. The fourth-order valence-electron chi connectivity index (χ4n) is 1.01. The van der Waals surface area contributed by atoms with Gasteiger partial charge in [-0.1, -0.05) is 13.8 Å². The van der Waals surface area contributed by atoms with Crippen molar-refractivity contribution >= 4 is 14.0 Å². The van der Waals surface area contributed by atoms with E-state index < -0.39 is 19.9 Å². The number of carboxylic acid groups (broad SMARTS) is 1. The first kappa shape index (κ1) is 11.5. The Morgan fingerprint density at radius 3 is 2.25 bits per heavy atom. The van der Waals surface area contributed by atoms with Gasteiger partial charge in [0, 0.05) is 0 Å². The third-order valence-corrected chi connectivity index (χ3v) is 2.23. The van der Waals surface area contributed by atoms with Crippen molar-refractivity contribution in [2.24, 2.45) is 11.8 Å². The average molecular weight is 193 g/mol. The molecule has 0 aliphatic carbocycles. The highest BCUT2D eigenvalue weighted by atomic mass is 31.1. The minimum Gasteiger partial charge on any atom is -0.481 e. The van der Waals surface area contributed by atoms with Crippen LogP contribution in [0, 0.1) is 11.8 Å². The minimum atomic E-state index is -2.33. The first-order chi connectivity index (χ1) is 5.43. The van der Waals surface area contributed by atoms with Crippen LogP contribution in [0.3, 0.4) is 0 Å². The lowest BCUT2D eigenvalue weighted by Crippen LogP contribution is -2.18. The summed E-state index contributed by atoms with van der Waals surface area (Å²) < 4.78 is 10.4. The van der Waals surface area contributed by atoms with E-state index in [1.54, 1.807) is 0 Å². The molecule has 0 heterocycles. The summed E-state index contributed by atoms with van der Waals surface area (Å²) >= 11 is 0. The van der Waals surface area contributed by atoms with Gasteiger partial charge in [-0.15, -0.1) is 0 Å². The van der Waals surface area contributed by atoms with Crippen LogP contribution in [0.4, 0.5) is 0 Å². The highest BCUT2D eigenvalue weighted by molar-refractivity contribution is 7.38. The van der Waals surface area contributed by atoms with E-state index in [4.69, 9.17) is 10.00 Å².